The third kappa shape index (κ3) is 3.68. The van der Waals surface area contributed by atoms with Crippen molar-refractivity contribution in [3.8, 4) is 0 Å². The number of hydrogen-bond donors (Lipinski definition) is 1. The molecule has 3 rings (SSSR count). The zero-order valence-electron chi connectivity index (χ0n) is 13.8. The van der Waals surface area contributed by atoms with Crippen LogP contribution in [-0.4, -0.2) is 33.2 Å². The van der Waals surface area contributed by atoms with Gasteiger partial charge in [0.2, 0.25) is 5.91 Å². The highest BCUT2D eigenvalue weighted by molar-refractivity contribution is 6.31. The third-order valence-electron chi connectivity index (χ3n) is 4.13. The summed E-state index contributed by atoms with van der Waals surface area (Å²) in [5.41, 5.74) is -1.80. The molecule has 0 saturated carbocycles. The molecule has 2 aromatic rings. The van der Waals surface area contributed by atoms with Crippen molar-refractivity contribution in [2.75, 3.05) is 16.8 Å². The van der Waals surface area contributed by atoms with Gasteiger partial charge in [-0.1, -0.05) is 11.6 Å². The zero-order chi connectivity index (χ0) is 19.9. The maximum absolute atomic E-state index is 12.9. The van der Waals surface area contributed by atoms with Crippen molar-refractivity contribution in [3.63, 3.8) is 0 Å². The predicted molar refractivity (Wildman–Crippen MR) is 90.7 cm³/mol. The van der Waals surface area contributed by atoms with Crippen molar-refractivity contribution in [2.24, 2.45) is 7.05 Å². The summed E-state index contributed by atoms with van der Waals surface area (Å²) in [4.78, 5) is 24.3. The van der Waals surface area contributed by atoms with Gasteiger partial charge >= 0.3 is 6.18 Å². The number of aryl methyl sites for hydroxylation is 1. The minimum Gasteiger partial charge on any atom is -0.368 e. The molecule has 0 radical (unpaired) electrons. The first-order valence-electron chi connectivity index (χ1n) is 7.69. The first-order chi connectivity index (χ1) is 12.6. The Labute approximate surface area is 155 Å². The average molecular weight is 404 g/mol. The molecule has 144 valence electrons. The van der Waals surface area contributed by atoms with Gasteiger partial charge in [-0.2, -0.15) is 18.3 Å². The van der Waals surface area contributed by atoms with E-state index in [-0.39, 0.29) is 11.6 Å². The van der Waals surface area contributed by atoms with Crippen LogP contribution in [0.15, 0.2) is 24.5 Å². The van der Waals surface area contributed by atoms with Crippen molar-refractivity contribution >= 4 is 34.6 Å². The molecule has 1 saturated heterocycles. The first-order valence-corrected chi connectivity index (χ1v) is 8.07. The van der Waals surface area contributed by atoms with Gasteiger partial charge in [-0.05, 0) is 12.5 Å². The number of nitro benzene ring substituents is 1. The van der Waals surface area contributed by atoms with E-state index >= 15 is 0 Å². The molecule has 1 amide bonds. The number of benzene rings is 1. The Morgan fingerprint density at radius 3 is 2.67 bits per heavy atom. The number of rotatable bonds is 4. The molecule has 0 spiro atoms. The van der Waals surface area contributed by atoms with Gasteiger partial charge in [0, 0.05) is 25.9 Å². The number of carbonyl (C=O) groups excluding carboxylic acids is 1. The fraction of sp³-hybridized carbons (Fsp3) is 0.333. The quantitative estimate of drug-likeness (QED) is 0.625. The van der Waals surface area contributed by atoms with Gasteiger partial charge in [0.15, 0.2) is 0 Å². The van der Waals surface area contributed by atoms with Crippen molar-refractivity contribution in [3.05, 3.63) is 45.2 Å². The second kappa shape index (κ2) is 6.72. The number of anilines is 2. The van der Waals surface area contributed by atoms with Crippen LogP contribution in [0.2, 0.25) is 5.02 Å². The molecule has 1 aromatic carbocycles. The molecule has 1 atom stereocenters. The Kier molecular flexibility index (Phi) is 4.72. The van der Waals surface area contributed by atoms with Crippen LogP contribution >= 0.6 is 11.6 Å². The molecule has 0 aliphatic carbocycles. The summed E-state index contributed by atoms with van der Waals surface area (Å²) in [6.07, 6.45) is -1.39. The van der Waals surface area contributed by atoms with Gasteiger partial charge in [0.1, 0.15) is 11.7 Å². The second-order valence-corrected chi connectivity index (χ2v) is 6.36. The first kappa shape index (κ1) is 19.0. The van der Waals surface area contributed by atoms with E-state index in [0.717, 1.165) is 6.07 Å². The van der Waals surface area contributed by atoms with Gasteiger partial charge in [-0.15, -0.1) is 0 Å². The predicted octanol–water partition coefficient (Wildman–Crippen LogP) is 3.22. The van der Waals surface area contributed by atoms with Crippen LogP contribution in [0.4, 0.5) is 30.2 Å². The number of aromatic nitrogens is 2. The van der Waals surface area contributed by atoms with E-state index in [4.69, 9.17) is 11.6 Å². The fourth-order valence-corrected chi connectivity index (χ4v) is 3.12. The molecule has 0 bridgehead atoms. The highest BCUT2D eigenvalue weighted by Gasteiger charge is 2.38. The average Bonchev–Trinajstić information content (AvgIpc) is 3.12. The lowest BCUT2D eigenvalue weighted by molar-refractivity contribution is -0.384. The third-order valence-corrected chi connectivity index (χ3v) is 4.44. The van der Waals surface area contributed by atoms with E-state index in [0.29, 0.717) is 24.7 Å². The number of nitrogens with one attached hydrogen (secondary N) is 1. The normalized spacial score (nSPS) is 17.4. The van der Waals surface area contributed by atoms with Crippen molar-refractivity contribution in [1.82, 2.24) is 9.78 Å². The number of halogens is 4. The molecular weight excluding hydrogens is 391 g/mol. The summed E-state index contributed by atoms with van der Waals surface area (Å²) >= 11 is 5.65. The summed E-state index contributed by atoms with van der Waals surface area (Å²) in [5, 5.41) is 17.1. The van der Waals surface area contributed by atoms with Gasteiger partial charge in [-0.3, -0.25) is 19.6 Å². The Morgan fingerprint density at radius 2 is 2.11 bits per heavy atom. The smallest absolute Gasteiger partial charge is 0.368 e. The molecule has 1 aliphatic rings. The summed E-state index contributed by atoms with van der Waals surface area (Å²) < 4.78 is 40.3. The van der Waals surface area contributed by atoms with Gasteiger partial charge in [0.05, 0.1) is 27.4 Å². The van der Waals surface area contributed by atoms with Gasteiger partial charge < -0.3 is 10.2 Å². The maximum Gasteiger partial charge on any atom is 0.418 e. The van der Waals surface area contributed by atoms with E-state index in [1.807, 2.05) is 0 Å². The lowest BCUT2D eigenvalue weighted by Crippen LogP contribution is -2.33. The zero-order valence-corrected chi connectivity index (χ0v) is 14.6. The Morgan fingerprint density at radius 1 is 1.41 bits per heavy atom. The van der Waals surface area contributed by atoms with Crippen LogP contribution in [0.3, 0.4) is 0 Å². The monoisotopic (exact) mass is 403 g/mol. The van der Waals surface area contributed by atoms with E-state index in [9.17, 15) is 28.1 Å². The van der Waals surface area contributed by atoms with Gasteiger partial charge in [0.25, 0.3) is 5.69 Å². The molecule has 12 heteroatoms. The number of alkyl halides is 3. The highest BCUT2D eigenvalue weighted by Crippen LogP contribution is 2.40. The molecule has 1 fully saturated rings. The number of hydrogen-bond acceptors (Lipinski definition) is 5. The number of amides is 1. The van der Waals surface area contributed by atoms with Crippen LogP contribution in [0.25, 0.3) is 0 Å². The Hall–Kier alpha value is -2.82. The van der Waals surface area contributed by atoms with E-state index < -0.39 is 33.4 Å². The molecule has 1 aliphatic heterocycles. The Balaban J connectivity index is 1.88. The van der Waals surface area contributed by atoms with Crippen LogP contribution < -0.4 is 10.2 Å². The topological polar surface area (TPSA) is 93.3 Å². The molecule has 8 nitrogen and oxygen atoms in total. The summed E-state index contributed by atoms with van der Waals surface area (Å²) in [6.45, 7) is 0.338. The maximum atomic E-state index is 12.9. The van der Waals surface area contributed by atoms with Gasteiger partial charge in [-0.25, -0.2) is 0 Å². The van der Waals surface area contributed by atoms with Crippen molar-refractivity contribution in [2.45, 2.75) is 18.6 Å². The standard InChI is InChI=1S/C15H13ClF3N5O3/c1-22-7-8(6-20-22)23-3-2-11(14(23)25)21-12-5-10(16)9(15(17,18)19)4-13(12)24(26)27/h4-7,11,21H,2-3H2,1H3. The molecule has 2 heterocycles. The van der Waals surface area contributed by atoms with Crippen molar-refractivity contribution in [1.29, 1.82) is 0 Å². The molecule has 1 aromatic heterocycles. The lowest BCUT2D eigenvalue weighted by atomic mass is 10.1. The molecule has 1 unspecified atom stereocenters. The molecule has 1 N–H and O–H groups in total. The highest BCUT2D eigenvalue weighted by atomic mass is 35.5. The summed E-state index contributed by atoms with van der Waals surface area (Å²) in [6, 6.07) is 0.350. The Bertz CT molecular complexity index is 915. The van der Waals surface area contributed by atoms with E-state index in [2.05, 4.69) is 10.4 Å². The summed E-state index contributed by atoms with van der Waals surface area (Å²) in [7, 11) is 1.69. The minimum absolute atomic E-state index is 0.246. The SMILES string of the molecule is Cn1cc(N2CCC(Nc3cc(Cl)c(C(F)(F)F)cc3[N+](=O)[O-])C2=O)cn1. The van der Waals surface area contributed by atoms with E-state index in [1.54, 1.807) is 13.2 Å². The molecule has 27 heavy (non-hydrogen) atoms. The van der Waals surface area contributed by atoms with Crippen LogP contribution in [0.1, 0.15) is 12.0 Å². The largest absolute Gasteiger partial charge is 0.418 e. The minimum atomic E-state index is -4.83. The lowest BCUT2D eigenvalue weighted by Gasteiger charge is -2.17. The number of nitrogens with zero attached hydrogens (tertiary/aromatic N) is 4. The second-order valence-electron chi connectivity index (χ2n) is 5.95. The van der Waals surface area contributed by atoms with Crippen LogP contribution in [0, 0.1) is 10.1 Å². The summed E-state index contributed by atoms with van der Waals surface area (Å²) in [5.74, 6) is -0.367. The fourth-order valence-electron chi connectivity index (χ4n) is 2.85. The molecular formula is C15H13ClF3N5O3. The van der Waals surface area contributed by atoms with Crippen LogP contribution in [0.5, 0.6) is 0 Å². The van der Waals surface area contributed by atoms with E-state index in [1.165, 1.54) is 15.8 Å². The van der Waals surface area contributed by atoms with Crippen molar-refractivity contribution < 1.29 is 22.9 Å². The van der Waals surface area contributed by atoms with Crippen LogP contribution in [-0.2, 0) is 18.0 Å². The number of carbonyl (C=O) groups is 1. The number of nitro groups is 1.